The molecule has 0 aliphatic carbocycles. The van der Waals surface area contributed by atoms with E-state index in [0.29, 0.717) is 11.8 Å². The molecule has 0 fully saturated rings. The number of amides is 1. The van der Waals surface area contributed by atoms with E-state index in [4.69, 9.17) is 17.3 Å². The second kappa shape index (κ2) is 4.71. The molecule has 0 radical (unpaired) electrons. The van der Waals surface area contributed by atoms with Crippen LogP contribution in [0.1, 0.15) is 15.9 Å². The molecule has 84 valence electrons. The van der Waals surface area contributed by atoms with Crippen molar-refractivity contribution in [2.75, 3.05) is 0 Å². The molecule has 6 nitrogen and oxygen atoms in total. The molecule has 1 aromatic carbocycles. The molecule has 0 bridgehead atoms. The van der Waals surface area contributed by atoms with Gasteiger partial charge in [0.15, 0.2) is 6.29 Å². The molecule has 0 heterocycles. The fourth-order valence-corrected chi connectivity index (χ4v) is 1.43. The van der Waals surface area contributed by atoms with Crippen LogP contribution in [0.25, 0.3) is 0 Å². The summed E-state index contributed by atoms with van der Waals surface area (Å²) < 4.78 is 0. The van der Waals surface area contributed by atoms with E-state index in [1.807, 2.05) is 0 Å². The minimum Gasteiger partial charge on any atom is -0.369 e. The van der Waals surface area contributed by atoms with Gasteiger partial charge >= 0.3 is 0 Å². The van der Waals surface area contributed by atoms with Crippen LogP contribution >= 0.6 is 11.6 Å². The number of hydrogen-bond acceptors (Lipinski definition) is 4. The van der Waals surface area contributed by atoms with Crippen molar-refractivity contribution in [3.63, 3.8) is 0 Å². The maximum Gasteiger partial charge on any atom is 0.281 e. The highest BCUT2D eigenvalue weighted by Gasteiger charge is 2.17. The largest absolute Gasteiger partial charge is 0.369 e. The Morgan fingerprint density at radius 2 is 2.19 bits per heavy atom. The van der Waals surface area contributed by atoms with Gasteiger partial charge in [-0.1, -0.05) is 11.6 Å². The monoisotopic (exact) mass is 242 g/mol. The third-order valence-electron chi connectivity index (χ3n) is 1.88. The number of nitrogens with two attached hydrogens (primary N) is 1. The van der Waals surface area contributed by atoms with Gasteiger partial charge in [0.05, 0.1) is 21.9 Å². The number of carbonyl (C=O) groups is 2. The lowest BCUT2D eigenvalue weighted by Crippen LogP contribution is -2.14. The quantitative estimate of drug-likeness (QED) is 0.485. The molecule has 1 amide bonds. The molecule has 0 atom stereocenters. The van der Waals surface area contributed by atoms with Crippen molar-refractivity contribution in [2.24, 2.45) is 5.73 Å². The first-order valence-electron chi connectivity index (χ1n) is 4.16. The molecule has 0 saturated carbocycles. The predicted octanol–water partition coefficient (Wildman–Crippen LogP) is 1.09. The van der Waals surface area contributed by atoms with Crippen LogP contribution in [0.5, 0.6) is 0 Å². The number of carbonyl (C=O) groups excluding carboxylic acids is 2. The maximum atomic E-state index is 10.7. The van der Waals surface area contributed by atoms with Crippen molar-refractivity contribution in [3.8, 4) is 0 Å². The van der Waals surface area contributed by atoms with Crippen molar-refractivity contribution in [2.45, 2.75) is 6.42 Å². The van der Waals surface area contributed by atoms with Gasteiger partial charge in [-0.3, -0.25) is 19.7 Å². The first-order valence-corrected chi connectivity index (χ1v) is 4.53. The average Bonchev–Trinajstić information content (AvgIpc) is 2.19. The van der Waals surface area contributed by atoms with Crippen molar-refractivity contribution in [3.05, 3.63) is 38.4 Å². The number of aldehydes is 1. The second-order valence-electron chi connectivity index (χ2n) is 3.02. The first kappa shape index (κ1) is 12.1. The smallest absolute Gasteiger partial charge is 0.281 e. The van der Waals surface area contributed by atoms with E-state index < -0.39 is 16.5 Å². The third-order valence-corrected chi connectivity index (χ3v) is 2.24. The van der Waals surface area contributed by atoms with Crippen LogP contribution in [0.3, 0.4) is 0 Å². The fourth-order valence-electron chi connectivity index (χ4n) is 1.20. The van der Waals surface area contributed by atoms with Gasteiger partial charge in [0.1, 0.15) is 0 Å². The zero-order chi connectivity index (χ0) is 12.3. The summed E-state index contributed by atoms with van der Waals surface area (Å²) in [5.74, 6) is -0.632. The Bertz CT molecular complexity index is 473. The Kier molecular flexibility index (Phi) is 3.57. The van der Waals surface area contributed by atoms with Gasteiger partial charge in [-0.05, 0) is 11.6 Å². The van der Waals surface area contributed by atoms with Crippen LogP contribution in [0, 0.1) is 10.1 Å². The van der Waals surface area contributed by atoms with E-state index in [9.17, 15) is 19.7 Å². The Morgan fingerprint density at radius 1 is 1.56 bits per heavy atom. The molecule has 0 aromatic heterocycles. The number of nitro groups is 1. The normalized spacial score (nSPS) is 9.81. The molecule has 7 heteroatoms. The number of rotatable bonds is 4. The van der Waals surface area contributed by atoms with Crippen molar-refractivity contribution in [1.29, 1.82) is 0 Å². The van der Waals surface area contributed by atoms with E-state index in [1.165, 1.54) is 6.07 Å². The molecule has 0 spiro atoms. The van der Waals surface area contributed by atoms with Gasteiger partial charge < -0.3 is 5.73 Å². The molecular weight excluding hydrogens is 236 g/mol. The number of primary amides is 1. The highest BCUT2D eigenvalue weighted by Crippen LogP contribution is 2.26. The number of hydrogen-bond donors (Lipinski definition) is 1. The summed E-state index contributed by atoms with van der Waals surface area (Å²) >= 11 is 5.72. The van der Waals surface area contributed by atoms with E-state index >= 15 is 0 Å². The Morgan fingerprint density at radius 3 is 2.62 bits per heavy atom. The lowest BCUT2D eigenvalue weighted by molar-refractivity contribution is -0.385. The number of nitro benzene ring substituents is 1. The molecule has 1 rings (SSSR count). The lowest BCUT2D eigenvalue weighted by Gasteiger charge is -2.03. The summed E-state index contributed by atoms with van der Waals surface area (Å²) in [6, 6.07) is 2.22. The Labute approximate surface area is 95.1 Å². The molecule has 16 heavy (non-hydrogen) atoms. The van der Waals surface area contributed by atoms with Gasteiger partial charge in [0.25, 0.3) is 5.69 Å². The number of benzene rings is 1. The van der Waals surface area contributed by atoms with Gasteiger partial charge in [0, 0.05) is 6.07 Å². The molecular formula is C9H7ClN2O4. The zero-order valence-corrected chi connectivity index (χ0v) is 8.73. The van der Waals surface area contributed by atoms with Crippen LogP contribution in [0.2, 0.25) is 5.02 Å². The van der Waals surface area contributed by atoms with Crippen molar-refractivity contribution >= 4 is 29.5 Å². The van der Waals surface area contributed by atoms with Gasteiger partial charge in [-0.2, -0.15) is 0 Å². The average molecular weight is 243 g/mol. The van der Waals surface area contributed by atoms with E-state index in [0.717, 1.165) is 6.07 Å². The molecule has 0 aliphatic rings. The van der Waals surface area contributed by atoms with Crippen LogP contribution in [0.4, 0.5) is 5.69 Å². The summed E-state index contributed by atoms with van der Waals surface area (Å²) in [5, 5.41) is 10.6. The highest BCUT2D eigenvalue weighted by molar-refractivity contribution is 6.32. The van der Waals surface area contributed by atoms with E-state index in [1.54, 1.807) is 0 Å². The van der Waals surface area contributed by atoms with Gasteiger partial charge in [-0.15, -0.1) is 0 Å². The number of nitrogens with zero attached hydrogens (tertiary/aromatic N) is 1. The predicted molar refractivity (Wildman–Crippen MR) is 56.4 cm³/mol. The summed E-state index contributed by atoms with van der Waals surface area (Å²) in [6.45, 7) is 0. The van der Waals surface area contributed by atoms with E-state index in [2.05, 4.69) is 0 Å². The third kappa shape index (κ3) is 2.54. The highest BCUT2D eigenvalue weighted by atomic mass is 35.5. The summed E-state index contributed by atoms with van der Waals surface area (Å²) in [5.41, 5.74) is 4.73. The summed E-state index contributed by atoms with van der Waals surface area (Å²) in [6.07, 6.45) is 0.163. The lowest BCUT2D eigenvalue weighted by atomic mass is 10.1. The van der Waals surface area contributed by atoms with Gasteiger partial charge in [-0.25, -0.2) is 0 Å². The molecule has 2 N–H and O–H groups in total. The van der Waals surface area contributed by atoms with Gasteiger partial charge in [0.2, 0.25) is 5.91 Å². The maximum absolute atomic E-state index is 10.7. The minimum absolute atomic E-state index is 0.0381. The summed E-state index contributed by atoms with van der Waals surface area (Å²) in [4.78, 5) is 31.1. The molecule has 0 aliphatic heterocycles. The molecule has 1 aromatic rings. The van der Waals surface area contributed by atoms with Crippen LogP contribution < -0.4 is 5.73 Å². The van der Waals surface area contributed by atoms with Crippen LogP contribution in [-0.2, 0) is 11.2 Å². The van der Waals surface area contributed by atoms with Crippen molar-refractivity contribution in [1.82, 2.24) is 0 Å². The van der Waals surface area contributed by atoms with Crippen LogP contribution in [0.15, 0.2) is 12.1 Å². The second-order valence-corrected chi connectivity index (χ2v) is 3.43. The standard InChI is InChI=1S/C9H7ClN2O4/c10-7-3-8(12(15)16)6(4-13)1-5(7)2-9(11)14/h1,3-4H,2H2,(H2,11,14). The minimum atomic E-state index is -0.719. The van der Waals surface area contributed by atoms with E-state index in [-0.39, 0.29) is 17.0 Å². The zero-order valence-electron chi connectivity index (χ0n) is 7.97. The molecule has 0 saturated heterocycles. The topological polar surface area (TPSA) is 103 Å². The SMILES string of the molecule is NC(=O)Cc1cc(C=O)c([N+](=O)[O-])cc1Cl. The summed E-state index contributed by atoms with van der Waals surface area (Å²) in [7, 11) is 0. The number of halogens is 1. The fraction of sp³-hybridized carbons (Fsp3) is 0.111. The van der Waals surface area contributed by atoms with Crippen molar-refractivity contribution < 1.29 is 14.5 Å². The van der Waals surface area contributed by atoms with Crippen LogP contribution in [-0.4, -0.2) is 17.1 Å². The molecule has 0 unspecified atom stereocenters. The Hall–Kier alpha value is -1.95. The first-order chi connectivity index (χ1) is 7.45. The Balaban J connectivity index is 3.30.